The van der Waals surface area contributed by atoms with Crippen LogP contribution in [-0.2, 0) is 13.2 Å². The second-order valence-electron chi connectivity index (χ2n) is 5.21. The fourth-order valence-corrected chi connectivity index (χ4v) is 2.30. The monoisotopic (exact) mass is 273 g/mol. The van der Waals surface area contributed by atoms with Crippen molar-refractivity contribution in [2.24, 2.45) is 5.73 Å². The highest BCUT2D eigenvalue weighted by Gasteiger charge is 2.10. The van der Waals surface area contributed by atoms with Gasteiger partial charge >= 0.3 is 0 Å². The van der Waals surface area contributed by atoms with E-state index in [4.69, 9.17) is 10.5 Å². The lowest BCUT2D eigenvalue weighted by Gasteiger charge is -2.15. The average molecular weight is 273 g/mol. The molecule has 0 saturated heterocycles. The van der Waals surface area contributed by atoms with Gasteiger partial charge in [-0.05, 0) is 39.8 Å². The molecule has 1 atom stereocenters. The molecule has 0 bridgehead atoms. The molecule has 0 fully saturated rings. The first kappa shape index (κ1) is 14.6. The zero-order valence-corrected chi connectivity index (χ0v) is 12.7. The summed E-state index contributed by atoms with van der Waals surface area (Å²) in [5, 5.41) is 4.43. The number of hydrogen-bond acceptors (Lipinski definition) is 3. The number of nitrogens with two attached hydrogens (primary N) is 1. The van der Waals surface area contributed by atoms with Crippen LogP contribution >= 0.6 is 0 Å². The predicted molar refractivity (Wildman–Crippen MR) is 80.8 cm³/mol. The molecule has 0 amide bonds. The van der Waals surface area contributed by atoms with Crippen LogP contribution in [0.5, 0.6) is 5.75 Å². The number of benzene rings is 1. The summed E-state index contributed by atoms with van der Waals surface area (Å²) in [4.78, 5) is 0. The number of hydrogen-bond donors (Lipinski definition) is 1. The van der Waals surface area contributed by atoms with Crippen molar-refractivity contribution in [2.75, 3.05) is 0 Å². The van der Waals surface area contributed by atoms with E-state index in [0.29, 0.717) is 6.61 Å². The molecular formula is C16H23N3O. The van der Waals surface area contributed by atoms with Crippen LogP contribution in [0.1, 0.15) is 42.4 Å². The fourth-order valence-electron chi connectivity index (χ4n) is 2.30. The van der Waals surface area contributed by atoms with E-state index in [1.807, 2.05) is 30.7 Å². The summed E-state index contributed by atoms with van der Waals surface area (Å²) in [5.74, 6) is 0.854. The highest BCUT2D eigenvalue weighted by Crippen LogP contribution is 2.25. The van der Waals surface area contributed by atoms with Gasteiger partial charge in [0.2, 0.25) is 0 Å². The molecule has 0 aliphatic heterocycles. The van der Waals surface area contributed by atoms with Gasteiger partial charge in [-0.15, -0.1) is 0 Å². The third kappa shape index (κ3) is 3.20. The molecule has 1 heterocycles. The molecule has 4 nitrogen and oxygen atoms in total. The van der Waals surface area contributed by atoms with Crippen molar-refractivity contribution in [2.45, 2.75) is 46.9 Å². The summed E-state index contributed by atoms with van der Waals surface area (Å²) in [5.41, 5.74) is 10.4. The van der Waals surface area contributed by atoms with Gasteiger partial charge in [-0.2, -0.15) is 5.10 Å². The molecule has 2 aromatic rings. The summed E-state index contributed by atoms with van der Waals surface area (Å²) in [6.07, 6.45) is 0. The Morgan fingerprint density at radius 1 is 1.30 bits per heavy atom. The van der Waals surface area contributed by atoms with E-state index in [2.05, 4.69) is 31.1 Å². The molecule has 0 saturated carbocycles. The lowest BCUT2D eigenvalue weighted by atomic mass is 10.1. The summed E-state index contributed by atoms with van der Waals surface area (Å²) >= 11 is 0. The maximum atomic E-state index is 6.02. The third-order valence-electron chi connectivity index (χ3n) is 3.32. The van der Waals surface area contributed by atoms with Crippen molar-refractivity contribution >= 4 is 0 Å². The maximum Gasteiger partial charge on any atom is 0.130 e. The molecule has 0 aliphatic carbocycles. The first-order valence-corrected chi connectivity index (χ1v) is 7.03. The van der Waals surface area contributed by atoms with Gasteiger partial charge in [0.1, 0.15) is 12.4 Å². The Balaban J connectivity index is 2.18. The van der Waals surface area contributed by atoms with Crippen molar-refractivity contribution in [3.8, 4) is 5.75 Å². The zero-order valence-electron chi connectivity index (χ0n) is 12.7. The minimum absolute atomic E-state index is 0.0391. The molecule has 1 aromatic heterocycles. The molecule has 4 heteroatoms. The number of aromatic nitrogens is 2. The predicted octanol–water partition coefficient (Wildman–Crippen LogP) is 3.12. The Morgan fingerprint density at radius 2 is 2.05 bits per heavy atom. The van der Waals surface area contributed by atoms with Gasteiger partial charge in [0, 0.05) is 18.2 Å². The van der Waals surface area contributed by atoms with Crippen LogP contribution in [0.2, 0.25) is 0 Å². The van der Waals surface area contributed by atoms with Gasteiger partial charge in [0.25, 0.3) is 0 Å². The molecular weight excluding hydrogens is 250 g/mol. The number of nitrogens with zero attached hydrogens (tertiary/aromatic N) is 2. The molecule has 2 N–H and O–H groups in total. The topological polar surface area (TPSA) is 53.1 Å². The second-order valence-corrected chi connectivity index (χ2v) is 5.21. The second kappa shape index (κ2) is 6.09. The number of aryl methyl sites for hydroxylation is 3. The van der Waals surface area contributed by atoms with Crippen LogP contribution in [0.3, 0.4) is 0 Å². The number of ether oxygens (including phenoxy) is 1. The van der Waals surface area contributed by atoms with Crippen LogP contribution in [0.15, 0.2) is 24.3 Å². The van der Waals surface area contributed by atoms with Gasteiger partial charge in [0.15, 0.2) is 0 Å². The normalized spacial score (nSPS) is 12.4. The van der Waals surface area contributed by atoms with Gasteiger partial charge in [-0.1, -0.05) is 17.7 Å². The van der Waals surface area contributed by atoms with Gasteiger partial charge in [-0.25, -0.2) is 0 Å². The highest BCUT2D eigenvalue weighted by molar-refractivity contribution is 5.38. The SMILES string of the molecule is CCn1nc(C)cc1COc1ccc(C)cc1[C@@H](C)N. The highest BCUT2D eigenvalue weighted by atomic mass is 16.5. The van der Waals surface area contributed by atoms with E-state index in [-0.39, 0.29) is 6.04 Å². The van der Waals surface area contributed by atoms with Crippen LogP contribution in [0, 0.1) is 13.8 Å². The summed E-state index contributed by atoms with van der Waals surface area (Å²) in [6, 6.07) is 8.14. The fraction of sp³-hybridized carbons (Fsp3) is 0.438. The summed E-state index contributed by atoms with van der Waals surface area (Å²) in [6.45, 7) is 9.47. The lowest BCUT2D eigenvalue weighted by Crippen LogP contribution is -2.10. The largest absolute Gasteiger partial charge is 0.487 e. The Morgan fingerprint density at radius 3 is 2.70 bits per heavy atom. The molecule has 2 rings (SSSR count). The Hall–Kier alpha value is -1.81. The molecule has 0 unspecified atom stereocenters. The van der Waals surface area contributed by atoms with Crippen LogP contribution < -0.4 is 10.5 Å². The van der Waals surface area contributed by atoms with E-state index < -0.39 is 0 Å². The Bertz CT molecular complexity index is 587. The smallest absolute Gasteiger partial charge is 0.130 e. The van der Waals surface area contributed by atoms with Crippen molar-refractivity contribution < 1.29 is 4.74 Å². The van der Waals surface area contributed by atoms with Crippen molar-refractivity contribution in [1.29, 1.82) is 0 Å². The quantitative estimate of drug-likeness (QED) is 0.910. The first-order chi connectivity index (χ1) is 9.51. The average Bonchev–Trinajstić information content (AvgIpc) is 2.77. The van der Waals surface area contributed by atoms with Crippen molar-refractivity contribution in [3.05, 3.63) is 46.8 Å². The minimum Gasteiger partial charge on any atom is -0.487 e. The van der Waals surface area contributed by atoms with Crippen molar-refractivity contribution in [1.82, 2.24) is 9.78 Å². The number of rotatable bonds is 5. The van der Waals surface area contributed by atoms with Crippen LogP contribution in [0.25, 0.3) is 0 Å². The zero-order chi connectivity index (χ0) is 14.7. The van der Waals surface area contributed by atoms with Crippen LogP contribution in [-0.4, -0.2) is 9.78 Å². The van der Waals surface area contributed by atoms with E-state index in [0.717, 1.165) is 29.2 Å². The summed E-state index contributed by atoms with van der Waals surface area (Å²) < 4.78 is 7.92. The van der Waals surface area contributed by atoms with E-state index in [9.17, 15) is 0 Å². The standard InChI is InChI=1S/C16H23N3O/c1-5-19-14(9-12(3)18-19)10-20-16-7-6-11(2)8-15(16)13(4)17/h6-9,13H,5,10,17H2,1-4H3/t13-/m1/s1. The van der Waals surface area contributed by atoms with E-state index >= 15 is 0 Å². The molecule has 0 aliphatic rings. The molecule has 0 spiro atoms. The van der Waals surface area contributed by atoms with E-state index in [1.165, 1.54) is 5.56 Å². The molecule has 0 radical (unpaired) electrons. The molecule has 1 aromatic carbocycles. The van der Waals surface area contributed by atoms with Gasteiger partial charge < -0.3 is 10.5 Å². The maximum absolute atomic E-state index is 6.02. The van der Waals surface area contributed by atoms with Gasteiger partial charge in [0.05, 0.1) is 11.4 Å². The molecule has 20 heavy (non-hydrogen) atoms. The lowest BCUT2D eigenvalue weighted by molar-refractivity contribution is 0.288. The van der Waals surface area contributed by atoms with Gasteiger partial charge in [-0.3, -0.25) is 4.68 Å². The third-order valence-corrected chi connectivity index (χ3v) is 3.32. The summed E-state index contributed by atoms with van der Waals surface area (Å²) in [7, 11) is 0. The first-order valence-electron chi connectivity index (χ1n) is 7.03. The van der Waals surface area contributed by atoms with E-state index in [1.54, 1.807) is 0 Å². The Kier molecular flexibility index (Phi) is 4.45. The minimum atomic E-state index is -0.0391. The Labute approximate surface area is 120 Å². The van der Waals surface area contributed by atoms with Crippen molar-refractivity contribution in [3.63, 3.8) is 0 Å². The van der Waals surface area contributed by atoms with Crippen LogP contribution in [0.4, 0.5) is 0 Å². The molecule has 108 valence electrons.